The number of anilines is 1. The Kier molecular flexibility index (Phi) is 5.19. The van der Waals surface area contributed by atoms with E-state index in [0.29, 0.717) is 6.54 Å². The van der Waals surface area contributed by atoms with E-state index < -0.39 is 0 Å². The maximum Gasteiger partial charge on any atom is 0.333 e. The van der Waals surface area contributed by atoms with Gasteiger partial charge in [0, 0.05) is 6.54 Å². The molecule has 3 N–H and O–H groups in total. The smallest absolute Gasteiger partial charge is 0.333 e. The van der Waals surface area contributed by atoms with Gasteiger partial charge in [0.15, 0.2) is 0 Å². The lowest BCUT2D eigenvalue weighted by Crippen LogP contribution is -2.39. The molecule has 1 aromatic rings. The van der Waals surface area contributed by atoms with E-state index in [1.807, 2.05) is 31.2 Å². The van der Waals surface area contributed by atoms with Crippen LogP contribution in [0.2, 0.25) is 0 Å². The molecule has 0 heterocycles. The van der Waals surface area contributed by atoms with Crippen molar-refractivity contribution in [3.8, 4) is 0 Å². The van der Waals surface area contributed by atoms with E-state index >= 15 is 0 Å². The lowest BCUT2D eigenvalue weighted by molar-refractivity contribution is 0.242. The predicted molar refractivity (Wildman–Crippen MR) is 66.2 cm³/mol. The van der Waals surface area contributed by atoms with Gasteiger partial charge in [0.05, 0.1) is 5.69 Å². The normalized spacial score (nSPS) is 9.62. The first kappa shape index (κ1) is 12.4. The number of carbonyl (C=O) groups is 1. The summed E-state index contributed by atoms with van der Waals surface area (Å²) in [5, 5.41) is 2.75. The first-order chi connectivity index (χ1) is 7.72. The molecule has 0 aliphatic rings. The van der Waals surface area contributed by atoms with Crippen LogP contribution in [-0.2, 0) is 0 Å². The molecule has 2 amide bonds. The highest BCUT2D eigenvalue weighted by Crippen LogP contribution is 2.06. The molecule has 0 aliphatic carbocycles. The minimum absolute atomic E-state index is 0.200. The molecule has 16 heavy (non-hydrogen) atoms. The lowest BCUT2D eigenvalue weighted by Gasteiger charge is -2.09. The number of benzene rings is 1. The molecule has 4 heteroatoms. The summed E-state index contributed by atoms with van der Waals surface area (Å²) < 4.78 is 0. The quantitative estimate of drug-likeness (QED) is 0.528. The fourth-order valence-electron chi connectivity index (χ4n) is 1.19. The van der Waals surface area contributed by atoms with Crippen LogP contribution in [0.5, 0.6) is 0 Å². The second-order valence-electron chi connectivity index (χ2n) is 3.73. The first-order valence-electron chi connectivity index (χ1n) is 5.59. The topological polar surface area (TPSA) is 53.2 Å². The number of aryl methyl sites for hydroxylation is 1. The number of carbonyl (C=O) groups excluding carboxylic acids is 1. The van der Waals surface area contributed by atoms with Gasteiger partial charge in [0.2, 0.25) is 0 Å². The van der Waals surface area contributed by atoms with Gasteiger partial charge >= 0.3 is 6.03 Å². The molecule has 0 aliphatic heterocycles. The van der Waals surface area contributed by atoms with E-state index in [9.17, 15) is 4.79 Å². The SMILES string of the molecule is CCCCNC(=O)NNc1ccc(C)cc1. The summed E-state index contributed by atoms with van der Waals surface area (Å²) in [6, 6.07) is 7.61. The fourth-order valence-corrected chi connectivity index (χ4v) is 1.19. The van der Waals surface area contributed by atoms with Crippen molar-refractivity contribution < 1.29 is 4.79 Å². The van der Waals surface area contributed by atoms with Gasteiger partial charge in [0.1, 0.15) is 0 Å². The van der Waals surface area contributed by atoms with Crippen LogP contribution in [0.25, 0.3) is 0 Å². The molecule has 0 saturated heterocycles. The highest BCUT2D eigenvalue weighted by Gasteiger charge is 1.97. The van der Waals surface area contributed by atoms with Crippen LogP contribution in [0.15, 0.2) is 24.3 Å². The number of amides is 2. The summed E-state index contributed by atoms with van der Waals surface area (Å²) in [5.41, 5.74) is 7.48. The molecule has 0 atom stereocenters. The van der Waals surface area contributed by atoms with Gasteiger partial charge < -0.3 is 5.32 Å². The van der Waals surface area contributed by atoms with Crippen molar-refractivity contribution in [2.24, 2.45) is 0 Å². The summed E-state index contributed by atoms with van der Waals surface area (Å²) >= 11 is 0. The molecule has 0 radical (unpaired) electrons. The fraction of sp³-hybridized carbons (Fsp3) is 0.417. The Morgan fingerprint density at radius 1 is 1.25 bits per heavy atom. The van der Waals surface area contributed by atoms with E-state index in [4.69, 9.17) is 0 Å². The van der Waals surface area contributed by atoms with Gasteiger partial charge in [-0.2, -0.15) is 0 Å². The third-order valence-electron chi connectivity index (χ3n) is 2.19. The van der Waals surface area contributed by atoms with Crippen molar-refractivity contribution >= 4 is 11.7 Å². The van der Waals surface area contributed by atoms with Crippen LogP contribution in [0, 0.1) is 6.92 Å². The molecule has 0 saturated carbocycles. The Labute approximate surface area is 96.4 Å². The van der Waals surface area contributed by atoms with Crippen molar-refractivity contribution in [2.75, 3.05) is 12.0 Å². The standard InChI is InChI=1S/C12H19N3O/c1-3-4-9-13-12(16)15-14-11-7-5-10(2)6-8-11/h5-8,14H,3-4,9H2,1-2H3,(H2,13,15,16). The van der Waals surface area contributed by atoms with Gasteiger partial charge in [-0.25, -0.2) is 4.79 Å². The molecule has 1 aromatic carbocycles. The number of hydrogen-bond acceptors (Lipinski definition) is 2. The van der Waals surface area contributed by atoms with Gasteiger partial charge in [0.25, 0.3) is 0 Å². The number of urea groups is 1. The summed E-state index contributed by atoms with van der Waals surface area (Å²) in [7, 11) is 0. The van der Waals surface area contributed by atoms with E-state index in [0.717, 1.165) is 18.5 Å². The average molecular weight is 221 g/mol. The molecular weight excluding hydrogens is 202 g/mol. The lowest BCUT2D eigenvalue weighted by atomic mass is 10.2. The van der Waals surface area contributed by atoms with E-state index in [1.165, 1.54) is 5.56 Å². The molecule has 88 valence electrons. The summed E-state index contributed by atoms with van der Waals surface area (Å²) in [6.45, 7) is 4.82. The van der Waals surface area contributed by atoms with E-state index in [-0.39, 0.29) is 6.03 Å². The zero-order chi connectivity index (χ0) is 11.8. The molecule has 0 fully saturated rings. The van der Waals surface area contributed by atoms with Crippen molar-refractivity contribution in [2.45, 2.75) is 26.7 Å². The molecule has 0 unspecified atom stereocenters. The molecule has 0 aromatic heterocycles. The van der Waals surface area contributed by atoms with Crippen LogP contribution < -0.4 is 16.2 Å². The number of rotatable bonds is 5. The first-order valence-corrected chi connectivity index (χ1v) is 5.59. The number of hydrazine groups is 1. The summed E-state index contributed by atoms with van der Waals surface area (Å²) in [4.78, 5) is 11.3. The maximum absolute atomic E-state index is 11.3. The van der Waals surface area contributed by atoms with Crippen LogP contribution >= 0.6 is 0 Å². The Morgan fingerprint density at radius 3 is 2.56 bits per heavy atom. The number of hydrogen-bond donors (Lipinski definition) is 3. The largest absolute Gasteiger partial charge is 0.337 e. The molecule has 4 nitrogen and oxygen atoms in total. The van der Waals surface area contributed by atoms with Crippen molar-refractivity contribution in [3.63, 3.8) is 0 Å². The Hall–Kier alpha value is -1.71. The molecular formula is C12H19N3O. The van der Waals surface area contributed by atoms with Gasteiger partial charge in [-0.05, 0) is 25.5 Å². The van der Waals surface area contributed by atoms with Crippen molar-refractivity contribution in [1.29, 1.82) is 0 Å². The van der Waals surface area contributed by atoms with Crippen LogP contribution in [0.4, 0.5) is 10.5 Å². The third-order valence-corrected chi connectivity index (χ3v) is 2.19. The van der Waals surface area contributed by atoms with Gasteiger partial charge in [-0.3, -0.25) is 10.9 Å². The van der Waals surface area contributed by atoms with E-state index in [1.54, 1.807) is 0 Å². The monoisotopic (exact) mass is 221 g/mol. The minimum atomic E-state index is -0.200. The maximum atomic E-state index is 11.3. The average Bonchev–Trinajstić information content (AvgIpc) is 2.29. The van der Waals surface area contributed by atoms with Gasteiger partial charge in [-0.1, -0.05) is 31.0 Å². The van der Waals surface area contributed by atoms with Crippen LogP contribution in [0.3, 0.4) is 0 Å². The number of unbranched alkanes of at least 4 members (excludes halogenated alkanes) is 1. The Morgan fingerprint density at radius 2 is 1.94 bits per heavy atom. The van der Waals surface area contributed by atoms with Crippen LogP contribution in [-0.4, -0.2) is 12.6 Å². The third kappa shape index (κ3) is 4.68. The molecule has 0 spiro atoms. The molecule has 1 rings (SSSR count). The summed E-state index contributed by atoms with van der Waals surface area (Å²) in [5.74, 6) is 0. The summed E-state index contributed by atoms with van der Waals surface area (Å²) in [6.07, 6.45) is 2.07. The van der Waals surface area contributed by atoms with E-state index in [2.05, 4.69) is 23.1 Å². The second kappa shape index (κ2) is 6.71. The second-order valence-corrected chi connectivity index (χ2v) is 3.73. The van der Waals surface area contributed by atoms with Crippen molar-refractivity contribution in [3.05, 3.63) is 29.8 Å². The highest BCUT2D eigenvalue weighted by molar-refractivity contribution is 5.75. The predicted octanol–water partition coefficient (Wildman–Crippen LogP) is 2.42. The van der Waals surface area contributed by atoms with Crippen LogP contribution in [0.1, 0.15) is 25.3 Å². The van der Waals surface area contributed by atoms with Gasteiger partial charge in [-0.15, -0.1) is 0 Å². The Bertz CT molecular complexity index is 322. The minimum Gasteiger partial charge on any atom is -0.337 e. The van der Waals surface area contributed by atoms with Crippen molar-refractivity contribution in [1.82, 2.24) is 10.7 Å². The number of nitrogens with one attached hydrogen (secondary N) is 3. The molecule has 0 bridgehead atoms. The Balaban J connectivity index is 2.23. The highest BCUT2D eigenvalue weighted by atomic mass is 16.2. The zero-order valence-electron chi connectivity index (χ0n) is 9.84. The zero-order valence-corrected chi connectivity index (χ0v) is 9.84.